The van der Waals surface area contributed by atoms with E-state index in [2.05, 4.69) is 40.0 Å². The summed E-state index contributed by atoms with van der Waals surface area (Å²) in [6.45, 7) is 4.80. The molecule has 0 radical (unpaired) electrons. The molecular formula is C27H39ClN6O2. The van der Waals surface area contributed by atoms with E-state index in [1.54, 1.807) is 13.3 Å². The number of methoxy groups -OCH3 is 1. The maximum atomic E-state index is 9.74. The van der Waals surface area contributed by atoms with Gasteiger partial charge in [0.1, 0.15) is 12.0 Å². The molecule has 9 heteroatoms. The van der Waals surface area contributed by atoms with Crippen molar-refractivity contribution >= 4 is 23.1 Å². The number of pyridine rings is 1. The lowest BCUT2D eigenvalue weighted by atomic mass is 9.81. The van der Waals surface area contributed by atoms with Gasteiger partial charge in [0.2, 0.25) is 0 Å². The second-order valence-electron chi connectivity index (χ2n) is 10.3. The van der Waals surface area contributed by atoms with Gasteiger partial charge >= 0.3 is 0 Å². The molecule has 0 bridgehead atoms. The van der Waals surface area contributed by atoms with Crippen LogP contribution >= 0.6 is 11.6 Å². The number of nitriles is 1. The van der Waals surface area contributed by atoms with Crippen molar-refractivity contribution in [3.63, 3.8) is 0 Å². The Bertz CT molecular complexity index is 964. The summed E-state index contributed by atoms with van der Waals surface area (Å²) < 4.78 is 10.7. The van der Waals surface area contributed by atoms with Crippen LogP contribution in [0.25, 0.3) is 0 Å². The average Bonchev–Trinajstić information content (AvgIpc) is 2.90. The lowest BCUT2D eigenvalue weighted by molar-refractivity contribution is 0.0395. The van der Waals surface area contributed by atoms with Gasteiger partial charge in [-0.3, -0.25) is 10.3 Å². The number of ether oxygens (including phenoxy) is 2. The van der Waals surface area contributed by atoms with Gasteiger partial charge in [0, 0.05) is 63.2 Å². The van der Waals surface area contributed by atoms with Crippen molar-refractivity contribution < 1.29 is 9.47 Å². The SMILES string of the molecule is COCC(C)NC1CCC(Nc2cc(C3=NC(NCC4(C#N)CCOCC4)CC=C3)c(Cl)cn2)CC1. The summed E-state index contributed by atoms with van der Waals surface area (Å²) in [4.78, 5) is 9.46. The number of aromatic nitrogens is 1. The first-order chi connectivity index (χ1) is 17.5. The molecule has 4 rings (SSSR count). The predicted octanol–water partition coefficient (Wildman–Crippen LogP) is 4.07. The van der Waals surface area contributed by atoms with Gasteiger partial charge in [0.25, 0.3) is 0 Å². The highest BCUT2D eigenvalue weighted by Crippen LogP contribution is 2.30. The minimum atomic E-state index is -0.378. The van der Waals surface area contributed by atoms with Crippen LogP contribution in [0.1, 0.15) is 57.4 Å². The van der Waals surface area contributed by atoms with Crippen LogP contribution in [-0.2, 0) is 9.47 Å². The standard InChI is InChI=1S/C27H39ClN6O2/c1-19(16-35-2)32-20-6-8-21(9-7-20)33-26-14-22(23(28)15-30-26)24-4-3-5-25(34-24)31-18-27(17-29)10-12-36-13-11-27/h3-4,14-15,19-21,25,31-32H,5-13,16,18H2,1-2H3,(H,30,33). The van der Waals surface area contributed by atoms with E-state index in [9.17, 15) is 5.26 Å². The molecule has 3 heterocycles. The largest absolute Gasteiger partial charge is 0.383 e. The van der Waals surface area contributed by atoms with Gasteiger partial charge in [-0.1, -0.05) is 17.7 Å². The van der Waals surface area contributed by atoms with Gasteiger partial charge in [0.15, 0.2) is 0 Å². The first-order valence-electron chi connectivity index (χ1n) is 13.1. The van der Waals surface area contributed by atoms with Crippen LogP contribution in [0.4, 0.5) is 5.82 Å². The van der Waals surface area contributed by atoms with E-state index < -0.39 is 0 Å². The Morgan fingerprint density at radius 3 is 2.72 bits per heavy atom. The zero-order valence-corrected chi connectivity index (χ0v) is 22.2. The molecule has 3 aliphatic rings. The minimum Gasteiger partial charge on any atom is -0.383 e. The molecule has 1 aliphatic carbocycles. The van der Waals surface area contributed by atoms with Crippen LogP contribution in [0.5, 0.6) is 0 Å². The zero-order chi connectivity index (χ0) is 25.4. The summed E-state index contributed by atoms with van der Waals surface area (Å²) in [5.41, 5.74) is 1.34. The topological polar surface area (TPSA) is 104 Å². The minimum absolute atomic E-state index is 0.0815. The summed E-state index contributed by atoms with van der Waals surface area (Å²) in [6.07, 6.45) is 12.5. The summed E-state index contributed by atoms with van der Waals surface area (Å²) in [5.74, 6) is 0.829. The van der Waals surface area contributed by atoms with E-state index >= 15 is 0 Å². The molecule has 0 aromatic carbocycles. The van der Waals surface area contributed by atoms with Crippen molar-refractivity contribution in [2.75, 3.05) is 38.8 Å². The monoisotopic (exact) mass is 514 g/mol. The second kappa shape index (κ2) is 13.0. The average molecular weight is 515 g/mol. The summed E-state index contributed by atoms with van der Waals surface area (Å²) >= 11 is 6.56. The molecule has 2 fully saturated rings. The van der Waals surface area contributed by atoms with Crippen molar-refractivity contribution in [3.8, 4) is 6.07 Å². The highest BCUT2D eigenvalue weighted by Gasteiger charge is 2.33. The van der Waals surface area contributed by atoms with E-state index in [4.69, 9.17) is 26.1 Å². The van der Waals surface area contributed by atoms with Crippen LogP contribution in [-0.4, -0.2) is 68.5 Å². The van der Waals surface area contributed by atoms with Crippen molar-refractivity contribution in [1.82, 2.24) is 15.6 Å². The number of dihydropyridines is 1. The van der Waals surface area contributed by atoms with E-state index in [1.165, 1.54) is 0 Å². The van der Waals surface area contributed by atoms with Gasteiger partial charge < -0.3 is 20.1 Å². The van der Waals surface area contributed by atoms with Gasteiger partial charge in [-0.15, -0.1) is 0 Å². The van der Waals surface area contributed by atoms with Crippen LogP contribution in [0.3, 0.4) is 0 Å². The summed E-state index contributed by atoms with van der Waals surface area (Å²) in [7, 11) is 1.74. The number of anilines is 1. The highest BCUT2D eigenvalue weighted by atomic mass is 35.5. The highest BCUT2D eigenvalue weighted by molar-refractivity contribution is 6.35. The Morgan fingerprint density at radius 1 is 1.25 bits per heavy atom. The normalized spacial score (nSPS) is 26.6. The van der Waals surface area contributed by atoms with Gasteiger partial charge in [0.05, 0.1) is 28.8 Å². The molecule has 0 amide bonds. The summed E-state index contributed by atoms with van der Waals surface area (Å²) in [5, 5.41) is 21.1. The fourth-order valence-corrected chi connectivity index (χ4v) is 5.49. The molecule has 2 aliphatic heterocycles. The Labute approximate surface area is 219 Å². The molecule has 0 spiro atoms. The molecule has 3 N–H and O–H groups in total. The van der Waals surface area contributed by atoms with E-state index in [1.807, 2.05) is 12.1 Å². The molecule has 2 atom stereocenters. The lowest BCUT2D eigenvalue weighted by Crippen LogP contribution is -2.43. The number of allylic oxidation sites excluding steroid dienone is 1. The number of hydrogen-bond donors (Lipinski definition) is 3. The summed E-state index contributed by atoms with van der Waals surface area (Å²) in [6, 6.07) is 5.82. The molecule has 1 aromatic rings. The maximum absolute atomic E-state index is 9.74. The Kier molecular flexibility index (Phi) is 9.74. The molecule has 1 saturated carbocycles. The van der Waals surface area contributed by atoms with Crippen molar-refractivity contribution in [3.05, 3.63) is 35.0 Å². The Morgan fingerprint density at radius 2 is 2.00 bits per heavy atom. The number of aliphatic imine (C=N–C) groups is 1. The van der Waals surface area contributed by atoms with Crippen molar-refractivity contribution in [1.29, 1.82) is 5.26 Å². The number of hydrogen-bond acceptors (Lipinski definition) is 8. The van der Waals surface area contributed by atoms with E-state index in [-0.39, 0.29) is 11.6 Å². The third-order valence-electron chi connectivity index (χ3n) is 7.44. The smallest absolute Gasteiger partial charge is 0.126 e. The van der Waals surface area contributed by atoms with Crippen molar-refractivity contribution in [2.45, 2.75) is 76.2 Å². The second-order valence-corrected chi connectivity index (χ2v) is 10.7. The Balaban J connectivity index is 1.35. The number of rotatable bonds is 10. The van der Waals surface area contributed by atoms with Gasteiger partial charge in [-0.2, -0.15) is 5.26 Å². The van der Waals surface area contributed by atoms with E-state index in [0.29, 0.717) is 42.9 Å². The van der Waals surface area contributed by atoms with Crippen LogP contribution < -0.4 is 16.0 Å². The third-order valence-corrected chi connectivity index (χ3v) is 7.74. The van der Waals surface area contributed by atoms with Gasteiger partial charge in [-0.25, -0.2) is 4.98 Å². The molecule has 8 nitrogen and oxygen atoms in total. The first-order valence-corrected chi connectivity index (χ1v) is 13.5. The van der Waals surface area contributed by atoms with Crippen LogP contribution in [0.2, 0.25) is 5.02 Å². The maximum Gasteiger partial charge on any atom is 0.126 e. The quantitative estimate of drug-likeness (QED) is 0.432. The fourth-order valence-electron chi connectivity index (χ4n) is 5.29. The number of nitrogens with one attached hydrogen (secondary N) is 3. The third kappa shape index (κ3) is 7.27. The van der Waals surface area contributed by atoms with E-state index in [0.717, 1.165) is 68.6 Å². The lowest BCUT2D eigenvalue weighted by Gasteiger charge is -2.32. The molecule has 1 saturated heterocycles. The molecule has 1 aromatic heterocycles. The molecule has 196 valence electrons. The fraction of sp³-hybridized carbons (Fsp3) is 0.667. The molecular weight excluding hydrogens is 476 g/mol. The predicted molar refractivity (Wildman–Crippen MR) is 144 cm³/mol. The number of halogens is 1. The van der Waals surface area contributed by atoms with Crippen LogP contribution in [0.15, 0.2) is 29.4 Å². The van der Waals surface area contributed by atoms with Crippen LogP contribution in [0, 0.1) is 16.7 Å². The Hall–Kier alpha value is -2.02. The zero-order valence-electron chi connectivity index (χ0n) is 21.4. The number of nitrogens with zero attached hydrogens (tertiary/aromatic N) is 3. The molecule has 36 heavy (non-hydrogen) atoms. The molecule has 2 unspecified atom stereocenters. The van der Waals surface area contributed by atoms with Crippen molar-refractivity contribution in [2.24, 2.45) is 10.4 Å². The van der Waals surface area contributed by atoms with Gasteiger partial charge in [-0.05, 0) is 57.6 Å². The first kappa shape index (κ1) is 27.0.